The topological polar surface area (TPSA) is 112 Å². The van der Waals surface area contributed by atoms with Crippen LogP contribution in [0, 0.1) is 0 Å². The summed E-state index contributed by atoms with van der Waals surface area (Å²) in [4.78, 5) is 24.5. The Bertz CT molecular complexity index is 1110. The van der Waals surface area contributed by atoms with Gasteiger partial charge in [-0.3, -0.25) is 0 Å². The minimum Gasteiger partial charge on any atom is -0.478 e. The molecule has 32 heavy (non-hydrogen) atoms. The monoisotopic (exact) mass is 426 g/mol. The van der Waals surface area contributed by atoms with Crippen molar-refractivity contribution in [1.29, 1.82) is 0 Å². The summed E-state index contributed by atoms with van der Waals surface area (Å²) < 4.78 is 0. The predicted molar refractivity (Wildman–Crippen MR) is 124 cm³/mol. The van der Waals surface area contributed by atoms with E-state index in [2.05, 4.69) is 30.9 Å². The van der Waals surface area contributed by atoms with Gasteiger partial charge in [0.05, 0.1) is 5.56 Å². The molecule has 1 aromatic heterocycles. The third-order valence-electron chi connectivity index (χ3n) is 4.61. The van der Waals surface area contributed by atoms with E-state index in [4.69, 9.17) is 5.11 Å². The molecule has 4 N–H and O–H groups in total. The Balaban J connectivity index is 1.53. The van der Waals surface area contributed by atoms with Crippen LogP contribution in [0.5, 0.6) is 0 Å². The van der Waals surface area contributed by atoms with Crippen molar-refractivity contribution in [1.82, 2.24) is 15.0 Å². The van der Waals surface area contributed by atoms with Crippen molar-refractivity contribution in [2.45, 2.75) is 13.1 Å². The fourth-order valence-electron chi connectivity index (χ4n) is 2.97. The number of carboxylic acids is 1. The molecule has 3 aromatic carbocycles. The highest BCUT2D eigenvalue weighted by atomic mass is 16.4. The summed E-state index contributed by atoms with van der Waals surface area (Å²) in [6.07, 6.45) is 0. The zero-order chi connectivity index (χ0) is 22.2. The third-order valence-corrected chi connectivity index (χ3v) is 4.61. The van der Waals surface area contributed by atoms with Crippen molar-refractivity contribution < 1.29 is 9.90 Å². The van der Waals surface area contributed by atoms with Crippen molar-refractivity contribution in [3.8, 4) is 0 Å². The molecule has 0 aliphatic heterocycles. The van der Waals surface area contributed by atoms with Gasteiger partial charge in [0.1, 0.15) is 0 Å². The number of rotatable bonds is 9. The Labute approximate surface area is 185 Å². The summed E-state index contributed by atoms with van der Waals surface area (Å²) in [5.74, 6) is 0.207. The minimum absolute atomic E-state index is 0.210. The lowest BCUT2D eigenvalue weighted by molar-refractivity contribution is 0.0697. The van der Waals surface area contributed by atoms with E-state index in [1.54, 1.807) is 12.1 Å². The standard InChI is InChI=1S/C24H22N6O2/c31-21(32)19-11-13-20(14-12-19)27-24-29-22(25-15-17-7-3-1-4-8-17)28-23(30-24)26-16-18-9-5-2-6-10-18/h1-14H,15-16H2,(H,31,32)(H3,25,26,27,28,29,30). The van der Waals surface area contributed by atoms with E-state index >= 15 is 0 Å². The van der Waals surface area contributed by atoms with E-state index in [9.17, 15) is 4.79 Å². The Morgan fingerprint density at radius 1 is 0.656 bits per heavy atom. The first kappa shape index (κ1) is 20.8. The second kappa shape index (κ2) is 10.0. The first-order valence-electron chi connectivity index (χ1n) is 10.1. The molecule has 160 valence electrons. The van der Waals surface area contributed by atoms with Crippen LogP contribution in [0.15, 0.2) is 84.9 Å². The number of nitrogens with one attached hydrogen (secondary N) is 3. The predicted octanol–water partition coefficient (Wildman–Crippen LogP) is 4.54. The lowest BCUT2D eigenvalue weighted by Gasteiger charge is -2.12. The molecule has 0 radical (unpaired) electrons. The molecule has 0 unspecified atom stereocenters. The van der Waals surface area contributed by atoms with Gasteiger partial charge in [0, 0.05) is 18.8 Å². The van der Waals surface area contributed by atoms with Crippen molar-refractivity contribution in [2.24, 2.45) is 0 Å². The van der Waals surface area contributed by atoms with Gasteiger partial charge in [0.15, 0.2) is 0 Å². The zero-order valence-corrected chi connectivity index (χ0v) is 17.2. The molecule has 0 spiro atoms. The van der Waals surface area contributed by atoms with E-state index in [1.165, 1.54) is 12.1 Å². The van der Waals surface area contributed by atoms with Gasteiger partial charge >= 0.3 is 5.97 Å². The van der Waals surface area contributed by atoms with Crippen LogP contribution < -0.4 is 16.0 Å². The maximum atomic E-state index is 11.1. The Morgan fingerprint density at radius 2 is 1.12 bits per heavy atom. The SMILES string of the molecule is O=C(O)c1ccc(Nc2nc(NCc3ccccc3)nc(NCc3ccccc3)n2)cc1. The number of benzene rings is 3. The van der Waals surface area contributed by atoms with Gasteiger partial charge in [-0.05, 0) is 35.4 Å². The maximum absolute atomic E-state index is 11.1. The average Bonchev–Trinajstić information content (AvgIpc) is 2.83. The van der Waals surface area contributed by atoms with Crippen LogP contribution in [0.1, 0.15) is 21.5 Å². The van der Waals surface area contributed by atoms with Gasteiger partial charge in [0.25, 0.3) is 0 Å². The first-order valence-corrected chi connectivity index (χ1v) is 10.1. The highest BCUT2D eigenvalue weighted by Gasteiger charge is 2.08. The van der Waals surface area contributed by atoms with E-state index < -0.39 is 5.97 Å². The van der Waals surface area contributed by atoms with Gasteiger partial charge in [-0.1, -0.05) is 60.7 Å². The molecule has 4 rings (SSSR count). The Morgan fingerprint density at radius 3 is 1.59 bits per heavy atom. The number of carboxylic acid groups (broad SMARTS) is 1. The van der Waals surface area contributed by atoms with Crippen LogP contribution in [0.3, 0.4) is 0 Å². The van der Waals surface area contributed by atoms with Crippen molar-refractivity contribution in [3.63, 3.8) is 0 Å². The fourth-order valence-corrected chi connectivity index (χ4v) is 2.97. The van der Waals surface area contributed by atoms with Crippen molar-refractivity contribution in [2.75, 3.05) is 16.0 Å². The van der Waals surface area contributed by atoms with Crippen molar-refractivity contribution >= 4 is 29.5 Å². The van der Waals surface area contributed by atoms with E-state index in [-0.39, 0.29) is 5.56 Å². The summed E-state index contributed by atoms with van der Waals surface area (Å²) in [7, 11) is 0. The third kappa shape index (κ3) is 5.79. The number of aromatic nitrogens is 3. The van der Waals surface area contributed by atoms with Gasteiger partial charge in [0.2, 0.25) is 17.8 Å². The van der Waals surface area contributed by atoms with Gasteiger partial charge in [-0.25, -0.2) is 4.79 Å². The van der Waals surface area contributed by atoms with E-state index in [0.717, 1.165) is 11.1 Å². The van der Waals surface area contributed by atoms with Crippen LogP contribution in [-0.4, -0.2) is 26.0 Å². The second-order valence-corrected chi connectivity index (χ2v) is 6.99. The number of anilines is 4. The van der Waals surface area contributed by atoms with Crippen LogP contribution >= 0.6 is 0 Å². The number of nitrogens with zero attached hydrogens (tertiary/aromatic N) is 3. The number of carbonyl (C=O) groups is 1. The first-order chi connectivity index (χ1) is 15.7. The second-order valence-electron chi connectivity index (χ2n) is 6.99. The summed E-state index contributed by atoms with van der Waals surface area (Å²) in [5, 5.41) is 18.6. The fraction of sp³-hybridized carbons (Fsp3) is 0.0833. The normalized spacial score (nSPS) is 10.4. The Kier molecular flexibility index (Phi) is 6.52. The Hall–Kier alpha value is -4.46. The highest BCUT2D eigenvalue weighted by Crippen LogP contribution is 2.17. The van der Waals surface area contributed by atoms with Crippen LogP contribution in [-0.2, 0) is 13.1 Å². The largest absolute Gasteiger partial charge is 0.478 e. The van der Waals surface area contributed by atoms with Crippen molar-refractivity contribution in [3.05, 3.63) is 102 Å². The van der Waals surface area contributed by atoms with E-state index in [1.807, 2.05) is 60.7 Å². The van der Waals surface area contributed by atoms with Crippen LogP contribution in [0.4, 0.5) is 23.5 Å². The molecule has 0 saturated carbocycles. The molecular weight excluding hydrogens is 404 g/mol. The molecule has 0 bridgehead atoms. The summed E-state index contributed by atoms with van der Waals surface area (Å²) >= 11 is 0. The van der Waals surface area contributed by atoms with Gasteiger partial charge in [-0.2, -0.15) is 15.0 Å². The summed E-state index contributed by atoms with van der Waals surface area (Å²) in [5.41, 5.74) is 3.09. The lowest BCUT2D eigenvalue weighted by atomic mass is 10.2. The molecule has 8 nitrogen and oxygen atoms in total. The molecule has 0 fully saturated rings. The number of aromatic carboxylic acids is 1. The minimum atomic E-state index is -0.975. The van der Waals surface area contributed by atoms with Crippen LogP contribution in [0.2, 0.25) is 0 Å². The molecule has 4 aromatic rings. The molecule has 8 heteroatoms. The summed E-state index contributed by atoms with van der Waals surface area (Å²) in [6, 6.07) is 26.3. The van der Waals surface area contributed by atoms with Gasteiger partial charge < -0.3 is 21.1 Å². The molecule has 0 saturated heterocycles. The molecule has 0 atom stereocenters. The molecular formula is C24H22N6O2. The molecule has 1 heterocycles. The highest BCUT2D eigenvalue weighted by molar-refractivity contribution is 5.88. The number of hydrogen-bond acceptors (Lipinski definition) is 7. The number of hydrogen-bond donors (Lipinski definition) is 4. The maximum Gasteiger partial charge on any atom is 0.335 e. The lowest BCUT2D eigenvalue weighted by Crippen LogP contribution is -2.11. The van der Waals surface area contributed by atoms with E-state index in [0.29, 0.717) is 36.6 Å². The van der Waals surface area contributed by atoms with Crippen LogP contribution in [0.25, 0.3) is 0 Å². The smallest absolute Gasteiger partial charge is 0.335 e. The average molecular weight is 426 g/mol. The quantitative estimate of drug-likeness (QED) is 0.309. The van der Waals surface area contributed by atoms with Gasteiger partial charge in [-0.15, -0.1) is 0 Å². The summed E-state index contributed by atoms with van der Waals surface area (Å²) in [6.45, 7) is 1.13. The molecule has 0 aliphatic rings. The molecule has 0 amide bonds. The zero-order valence-electron chi connectivity index (χ0n) is 17.2. The molecule has 0 aliphatic carbocycles.